The van der Waals surface area contributed by atoms with E-state index in [4.69, 9.17) is 0 Å². The molecule has 0 bridgehead atoms. The van der Waals surface area contributed by atoms with Crippen LogP contribution in [-0.2, 0) is 21.9 Å². The molecule has 1 heterocycles. The molecule has 1 aliphatic heterocycles. The van der Waals surface area contributed by atoms with E-state index in [0.717, 1.165) is 16.8 Å². The Morgan fingerprint density at radius 1 is 1.37 bits per heavy atom. The van der Waals surface area contributed by atoms with E-state index in [1.807, 2.05) is 18.2 Å². The highest BCUT2D eigenvalue weighted by Gasteiger charge is 2.38. The number of sulfonamides is 1. The lowest BCUT2D eigenvalue weighted by Crippen LogP contribution is -2.40. The highest BCUT2D eigenvalue weighted by Crippen LogP contribution is 2.41. The van der Waals surface area contributed by atoms with Crippen molar-refractivity contribution < 1.29 is 13.5 Å². The van der Waals surface area contributed by atoms with Gasteiger partial charge in [-0.1, -0.05) is 39.0 Å². The second-order valence-corrected chi connectivity index (χ2v) is 8.02. The summed E-state index contributed by atoms with van der Waals surface area (Å²) in [6, 6.07) is 5.49. The van der Waals surface area contributed by atoms with Crippen molar-refractivity contribution in [2.24, 2.45) is 0 Å². The number of para-hydroxylation sites is 1. The number of benzene rings is 1. The molecule has 0 aromatic heterocycles. The van der Waals surface area contributed by atoms with Gasteiger partial charge in [0, 0.05) is 0 Å². The Kier molecular flexibility index (Phi) is 3.39. The van der Waals surface area contributed by atoms with Crippen LogP contribution in [0.4, 0.5) is 5.69 Å². The maximum Gasteiger partial charge on any atom is 0.232 e. The maximum absolute atomic E-state index is 12.1. The van der Waals surface area contributed by atoms with Gasteiger partial charge in [0.05, 0.1) is 24.6 Å². The zero-order chi connectivity index (χ0) is 14.4. The van der Waals surface area contributed by atoms with Gasteiger partial charge in [-0.3, -0.25) is 4.31 Å². The van der Waals surface area contributed by atoms with Gasteiger partial charge in [0.25, 0.3) is 0 Å². The van der Waals surface area contributed by atoms with Crippen LogP contribution in [-0.4, -0.2) is 32.4 Å². The van der Waals surface area contributed by atoms with Gasteiger partial charge < -0.3 is 5.11 Å². The SMILES string of the molecule is CC(C)(C)c1cccc2c1N(S(C)(=O)=O)C(CO)C2. The van der Waals surface area contributed by atoms with E-state index in [0.29, 0.717) is 6.42 Å². The first kappa shape index (κ1) is 14.3. The van der Waals surface area contributed by atoms with E-state index < -0.39 is 10.0 Å². The zero-order valence-electron chi connectivity index (χ0n) is 11.8. The second kappa shape index (κ2) is 4.49. The Balaban J connectivity index is 2.69. The predicted octanol–water partition coefficient (Wildman–Crippen LogP) is 1.67. The van der Waals surface area contributed by atoms with Crippen molar-refractivity contribution in [1.82, 2.24) is 0 Å². The third kappa shape index (κ3) is 2.49. The number of hydrogen-bond acceptors (Lipinski definition) is 3. The maximum atomic E-state index is 12.1. The molecule has 19 heavy (non-hydrogen) atoms. The first-order valence-corrected chi connectivity index (χ1v) is 8.23. The molecule has 0 aliphatic carbocycles. The predicted molar refractivity (Wildman–Crippen MR) is 77.0 cm³/mol. The summed E-state index contributed by atoms with van der Waals surface area (Å²) in [7, 11) is -3.39. The molecule has 0 saturated carbocycles. The van der Waals surface area contributed by atoms with Gasteiger partial charge in [-0.2, -0.15) is 0 Å². The van der Waals surface area contributed by atoms with E-state index in [-0.39, 0.29) is 18.1 Å². The lowest BCUT2D eigenvalue weighted by Gasteiger charge is -2.29. The molecule has 1 N–H and O–H groups in total. The summed E-state index contributed by atoms with van der Waals surface area (Å²) in [5, 5.41) is 9.46. The van der Waals surface area contributed by atoms with E-state index >= 15 is 0 Å². The van der Waals surface area contributed by atoms with Crippen LogP contribution in [0.15, 0.2) is 18.2 Å². The number of fused-ring (bicyclic) bond motifs is 1. The summed E-state index contributed by atoms with van der Waals surface area (Å²) in [4.78, 5) is 0. The number of rotatable bonds is 2. The highest BCUT2D eigenvalue weighted by atomic mass is 32.2. The number of aliphatic hydroxyl groups excluding tert-OH is 1. The van der Waals surface area contributed by atoms with Crippen LogP contribution < -0.4 is 4.31 Å². The van der Waals surface area contributed by atoms with Crippen LogP contribution in [0.5, 0.6) is 0 Å². The summed E-state index contributed by atoms with van der Waals surface area (Å²) in [6.45, 7) is 6.03. The fraction of sp³-hybridized carbons (Fsp3) is 0.571. The topological polar surface area (TPSA) is 57.6 Å². The minimum atomic E-state index is -3.39. The van der Waals surface area contributed by atoms with Crippen molar-refractivity contribution in [3.05, 3.63) is 29.3 Å². The van der Waals surface area contributed by atoms with Crippen LogP contribution in [0.3, 0.4) is 0 Å². The molecule has 0 fully saturated rings. The summed E-state index contributed by atoms with van der Waals surface area (Å²) in [6.07, 6.45) is 1.77. The molecule has 1 aromatic carbocycles. The second-order valence-electron chi connectivity index (χ2n) is 6.16. The molecule has 5 heteroatoms. The average Bonchev–Trinajstić information content (AvgIpc) is 2.64. The fourth-order valence-corrected chi connectivity index (χ4v) is 3.95. The van der Waals surface area contributed by atoms with Crippen LogP contribution in [0.2, 0.25) is 0 Å². The van der Waals surface area contributed by atoms with Crippen LogP contribution >= 0.6 is 0 Å². The van der Waals surface area contributed by atoms with Crippen molar-refractivity contribution in [3.63, 3.8) is 0 Å². The summed E-state index contributed by atoms with van der Waals surface area (Å²) < 4.78 is 25.5. The van der Waals surface area contributed by atoms with E-state index in [2.05, 4.69) is 20.8 Å². The number of anilines is 1. The minimum Gasteiger partial charge on any atom is -0.394 e. The zero-order valence-corrected chi connectivity index (χ0v) is 12.7. The van der Waals surface area contributed by atoms with E-state index in [9.17, 15) is 13.5 Å². The molecule has 2 rings (SSSR count). The Morgan fingerprint density at radius 3 is 2.47 bits per heavy atom. The number of aliphatic hydroxyl groups is 1. The molecule has 1 atom stereocenters. The first-order chi connectivity index (χ1) is 8.66. The lowest BCUT2D eigenvalue weighted by atomic mass is 9.85. The van der Waals surface area contributed by atoms with Crippen molar-refractivity contribution in [2.45, 2.75) is 38.6 Å². The largest absolute Gasteiger partial charge is 0.394 e. The minimum absolute atomic E-state index is 0.140. The van der Waals surface area contributed by atoms with E-state index in [1.54, 1.807) is 0 Å². The third-order valence-corrected chi connectivity index (χ3v) is 4.70. The molecule has 106 valence electrons. The van der Waals surface area contributed by atoms with Gasteiger partial charge in [0.15, 0.2) is 0 Å². The summed E-state index contributed by atoms with van der Waals surface area (Å²) >= 11 is 0. The van der Waals surface area contributed by atoms with Crippen molar-refractivity contribution in [3.8, 4) is 0 Å². The molecule has 1 aromatic rings. The molecule has 0 radical (unpaired) electrons. The molecular weight excluding hydrogens is 262 g/mol. The Labute approximate surface area is 115 Å². The quantitative estimate of drug-likeness (QED) is 0.898. The van der Waals surface area contributed by atoms with Gasteiger partial charge >= 0.3 is 0 Å². The third-order valence-electron chi connectivity index (χ3n) is 3.50. The Bertz CT molecular complexity index is 587. The molecule has 0 saturated heterocycles. The van der Waals surface area contributed by atoms with Crippen LogP contribution in [0, 0.1) is 0 Å². The van der Waals surface area contributed by atoms with Gasteiger partial charge in [0.1, 0.15) is 0 Å². The van der Waals surface area contributed by atoms with Gasteiger partial charge in [-0.05, 0) is 23.0 Å². The van der Waals surface area contributed by atoms with Crippen molar-refractivity contribution in [1.29, 1.82) is 0 Å². The van der Waals surface area contributed by atoms with Crippen LogP contribution in [0.1, 0.15) is 31.9 Å². The first-order valence-electron chi connectivity index (χ1n) is 6.39. The summed E-state index contributed by atoms with van der Waals surface area (Å²) in [5.74, 6) is 0. The van der Waals surface area contributed by atoms with Crippen molar-refractivity contribution in [2.75, 3.05) is 17.2 Å². The van der Waals surface area contributed by atoms with Gasteiger partial charge in [0.2, 0.25) is 10.0 Å². The van der Waals surface area contributed by atoms with Gasteiger partial charge in [-0.25, -0.2) is 8.42 Å². The van der Waals surface area contributed by atoms with Gasteiger partial charge in [-0.15, -0.1) is 0 Å². The van der Waals surface area contributed by atoms with Crippen LogP contribution in [0.25, 0.3) is 0 Å². The molecule has 4 nitrogen and oxygen atoms in total. The smallest absolute Gasteiger partial charge is 0.232 e. The number of hydrogen-bond donors (Lipinski definition) is 1. The fourth-order valence-electron chi connectivity index (χ4n) is 2.72. The normalized spacial score (nSPS) is 19.6. The van der Waals surface area contributed by atoms with Crippen molar-refractivity contribution >= 4 is 15.7 Å². The summed E-state index contributed by atoms with van der Waals surface area (Å²) in [5.41, 5.74) is 2.62. The highest BCUT2D eigenvalue weighted by molar-refractivity contribution is 7.92. The molecular formula is C14H21NO3S. The molecule has 0 amide bonds. The Morgan fingerprint density at radius 2 is 2.00 bits per heavy atom. The average molecular weight is 283 g/mol. The Hall–Kier alpha value is -1.07. The molecule has 1 aliphatic rings. The van der Waals surface area contributed by atoms with E-state index in [1.165, 1.54) is 10.6 Å². The number of nitrogens with zero attached hydrogens (tertiary/aromatic N) is 1. The molecule has 0 spiro atoms. The molecule has 1 unspecified atom stereocenters. The standard InChI is InChI=1S/C14H21NO3S/c1-14(2,3)12-7-5-6-10-8-11(9-16)15(13(10)12)19(4,17)18/h5-7,11,16H,8-9H2,1-4H3. The lowest BCUT2D eigenvalue weighted by molar-refractivity contribution is 0.270. The monoisotopic (exact) mass is 283 g/mol.